The van der Waals surface area contributed by atoms with Crippen LogP contribution >= 0.6 is 22.7 Å². The molecule has 16 nitrogen and oxygen atoms in total. The first-order valence-electron chi connectivity index (χ1n) is 23.2. The second-order valence-corrected chi connectivity index (χ2v) is 20.8. The van der Waals surface area contributed by atoms with Crippen LogP contribution in [0.25, 0.3) is 10.7 Å². The van der Waals surface area contributed by atoms with E-state index in [-0.39, 0.29) is 37.2 Å². The summed E-state index contributed by atoms with van der Waals surface area (Å²) in [7, 11) is 5.29. The molecular weight excluding hydrogens is 887 g/mol. The summed E-state index contributed by atoms with van der Waals surface area (Å²) in [6, 6.07) is 4.11. The number of fused-ring (bicyclic) bond motifs is 1. The number of ether oxygens (including phenoxy) is 6. The summed E-state index contributed by atoms with van der Waals surface area (Å²) >= 11 is 3.11. The highest BCUT2D eigenvalue weighted by atomic mass is 32.1. The van der Waals surface area contributed by atoms with E-state index in [4.69, 9.17) is 33.4 Å². The Bertz CT molecular complexity index is 2090. The van der Waals surface area contributed by atoms with Crippen molar-refractivity contribution in [2.45, 2.75) is 160 Å². The number of hydrogen-bond donors (Lipinski definition) is 1. The van der Waals surface area contributed by atoms with E-state index < -0.39 is 89.7 Å². The molecule has 14 atom stereocenters. The Hall–Kier alpha value is -3.91. The van der Waals surface area contributed by atoms with Gasteiger partial charge >= 0.3 is 18.0 Å². The van der Waals surface area contributed by atoms with Crippen LogP contribution < -0.4 is 0 Å². The van der Waals surface area contributed by atoms with E-state index >= 15 is 4.79 Å². The summed E-state index contributed by atoms with van der Waals surface area (Å²) in [5.74, 6) is -4.82. The van der Waals surface area contributed by atoms with Gasteiger partial charge in [0.25, 0.3) is 0 Å². The van der Waals surface area contributed by atoms with Crippen LogP contribution in [0, 0.1) is 23.7 Å². The fraction of sp³-hybridized carbons (Fsp3) is 0.688. The second-order valence-electron chi connectivity index (χ2n) is 19.0. The van der Waals surface area contributed by atoms with Crippen molar-refractivity contribution in [1.29, 1.82) is 0 Å². The van der Waals surface area contributed by atoms with Gasteiger partial charge in [-0.15, -0.1) is 22.7 Å². The lowest BCUT2D eigenvalue weighted by molar-refractivity contribution is -0.301. The minimum atomic E-state index is -1.43. The molecule has 0 aromatic carbocycles. The summed E-state index contributed by atoms with van der Waals surface area (Å²) in [6.07, 6.45) is -0.174. The molecule has 3 saturated heterocycles. The lowest BCUT2D eigenvalue weighted by Crippen LogP contribution is -2.61. The average Bonchev–Trinajstić information content (AvgIpc) is 4.05. The fourth-order valence-corrected chi connectivity index (χ4v) is 11.8. The highest BCUT2D eigenvalue weighted by Crippen LogP contribution is 2.44. The van der Waals surface area contributed by atoms with Crippen molar-refractivity contribution in [3.05, 3.63) is 52.1 Å². The maximum Gasteiger partial charge on any atom is 0.410 e. The quantitative estimate of drug-likeness (QED) is 0.101. The van der Waals surface area contributed by atoms with Crippen molar-refractivity contribution in [3.63, 3.8) is 0 Å². The third-order valence-corrected chi connectivity index (χ3v) is 15.6. The predicted octanol–water partition coefficient (Wildman–Crippen LogP) is 6.77. The lowest BCUT2D eigenvalue weighted by Gasteiger charge is -2.48. The summed E-state index contributed by atoms with van der Waals surface area (Å²) in [4.78, 5) is 74.7. The number of aryl methyl sites for hydroxylation is 1. The average molecular weight is 956 g/mol. The minimum Gasteiger partial charge on any atom is -0.461 e. The molecule has 66 heavy (non-hydrogen) atoms. The SMILES string of the molecule is CC[C@@H]1OC(=O)[C@H](C)[C@H](OC(=O)Cc2ccccn2)[C@H](C)[C@@H](O[C@@H]2O[C@H](C)C[C@H](N(C)C)[C@H]2O)[C@@](C)(OC)C[C@@H](C)C(=O)[C@@H](C)[C@H]2N(CCCCc3nc(-c4nccs4)cs3)C(=O)O[C@]12C. The van der Waals surface area contributed by atoms with Crippen LogP contribution in [-0.4, -0.2) is 142 Å². The topological polar surface area (TPSA) is 189 Å². The zero-order valence-corrected chi connectivity index (χ0v) is 41.8. The summed E-state index contributed by atoms with van der Waals surface area (Å²) in [5.41, 5.74) is -1.40. The van der Waals surface area contributed by atoms with Gasteiger partial charge in [-0.2, -0.15) is 0 Å². The van der Waals surface area contributed by atoms with E-state index in [9.17, 15) is 19.5 Å². The van der Waals surface area contributed by atoms with E-state index in [1.54, 1.807) is 67.6 Å². The standard InChI is InChI=1S/C48H69N5O11S2/c1-12-35-48(8)41(53(46(58)64-48)21-16-14-18-36-51-33(26-66-36)43-50-20-22-65-43)29(4)38(55)27(2)25-47(7,59-11)42(63-45-39(56)34(52(9)10)23-28(3)60-45)30(5)40(31(6)44(57)61-35)62-37(54)24-32-17-13-15-19-49-32/h13,15,17,19-20,22,26-31,34-35,39-42,45,56H,12,14,16,18,21,23-25H2,1-11H3/t27-,28-,29-,30+,31-,34+,35+,39-,40-,41-,42-,45+,47+,48-/m1/s1. The number of rotatable bonds is 14. The molecule has 1 amide bonds. The van der Waals surface area contributed by atoms with E-state index in [0.717, 1.165) is 22.1 Å². The van der Waals surface area contributed by atoms with Crippen LogP contribution in [0.5, 0.6) is 0 Å². The summed E-state index contributed by atoms with van der Waals surface area (Å²) in [5, 5.41) is 17.5. The van der Waals surface area contributed by atoms with Gasteiger partial charge < -0.3 is 43.3 Å². The third-order valence-electron chi connectivity index (χ3n) is 13.9. The van der Waals surface area contributed by atoms with E-state index in [0.29, 0.717) is 31.5 Å². The number of carbonyl (C=O) groups is 4. The van der Waals surface area contributed by atoms with Gasteiger partial charge in [0.05, 0.1) is 46.9 Å². The molecule has 0 saturated carbocycles. The van der Waals surface area contributed by atoms with Crippen molar-refractivity contribution in [3.8, 4) is 10.7 Å². The lowest BCUT2D eigenvalue weighted by atomic mass is 9.73. The minimum absolute atomic E-state index is 0.122. The molecule has 0 bridgehead atoms. The third kappa shape index (κ3) is 11.3. The van der Waals surface area contributed by atoms with Crippen LogP contribution in [0.1, 0.15) is 98.2 Å². The number of pyridine rings is 1. The number of hydrogen-bond acceptors (Lipinski definition) is 17. The maximum absolute atomic E-state index is 15.0. The van der Waals surface area contributed by atoms with Crippen molar-refractivity contribution in [2.24, 2.45) is 23.7 Å². The van der Waals surface area contributed by atoms with E-state index in [1.807, 2.05) is 64.4 Å². The number of Topliss-reactive ketones (excluding diaryl/α,β-unsaturated/α-hetero) is 1. The Balaban J connectivity index is 1.35. The Morgan fingerprint density at radius 3 is 2.44 bits per heavy atom. The predicted molar refractivity (Wildman–Crippen MR) is 249 cm³/mol. The van der Waals surface area contributed by atoms with Gasteiger partial charge in [-0.3, -0.25) is 19.4 Å². The van der Waals surface area contributed by atoms with Gasteiger partial charge in [0.2, 0.25) is 0 Å². The number of aliphatic hydroxyl groups is 1. The van der Waals surface area contributed by atoms with Gasteiger partial charge in [-0.05, 0) is 92.4 Å². The molecule has 6 rings (SSSR count). The van der Waals surface area contributed by atoms with Crippen LogP contribution in [-0.2, 0) is 55.6 Å². The molecule has 364 valence electrons. The summed E-state index contributed by atoms with van der Waals surface area (Å²) < 4.78 is 38.5. The molecule has 0 radical (unpaired) electrons. The van der Waals surface area contributed by atoms with Crippen LogP contribution in [0.2, 0.25) is 0 Å². The van der Waals surface area contributed by atoms with Gasteiger partial charge in [0, 0.05) is 60.6 Å². The number of aromatic nitrogens is 3. The summed E-state index contributed by atoms with van der Waals surface area (Å²) in [6.45, 7) is 14.7. The molecule has 1 N–H and O–H groups in total. The van der Waals surface area contributed by atoms with E-state index in [1.165, 1.54) is 18.4 Å². The van der Waals surface area contributed by atoms with Gasteiger partial charge in [-0.1, -0.05) is 33.8 Å². The number of cyclic esters (lactones) is 1. The normalized spacial score (nSPS) is 34.7. The largest absolute Gasteiger partial charge is 0.461 e. The number of methoxy groups -OCH3 is 1. The Kier molecular flexibility index (Phi) is 17.2. The van der Waals surface area contributed by atoms with Crippen molar-refractivity contribution < 1.29 is 52.7 Å². The van der Waals surface area contributed by atoms with Gasteiger partial charge in [0.1, 0.15) is 34.8 Å². The highest BCUT2D eigenvalue weighted by Gasteiger charge is 2.60. The smallest absolute Gasteiger partial charge is 0.410 e. The Morgan fingerprint density at radius 1 is 1.03 bits per heavy atom. The monoisotopic (exact) mass is 955 g/mol. The number of nitrogens with zero attached hydrogens (tertiary/aromatic N) is 5. The van der Waals surface area contributed by atoms with E-state index in [2.05, 4.69) is 9.97 Å². The number of carbonyl (C=O) groups excluding carboxylic acids is 4. The molecule has 3 aliphatic rings. The molecule has 3 aliphatic heterocycles. The van der Waals surface area contributed by atoms with Crippen molar-refractivity contribution >= 4 is 46.5 Å². The van der Waals surface area contributed by atoms with Crippen LogP contribution in [0.15, 0.2) is 41.4 Å². The fourth-order valence-electron chi connectivity index (χ4n) is 10.3. The molecule has 0 aliphatic carbocycles. The first-order valence-corrected chi connectivity index (χ1v) is 25.0. The molecule has 0 unspecified atom stereocenters. The Labute approximate surface area is 397 Å². The number of thiazole rings is 2. The number of esters is 2. The molecule has 18 heteroatoms. The molecule has 3 aromatic rings. The molecule has 0 spiro atoms. The number of ketones is 1. The zero-order valence-electron chi connectivity index (χ0n) is 40.2. The van der Waals surface area contributed by atoms with Crippen LogP contribution in [0.4, 0.5) is 4.79 Å². The number of likely N-dealkylation sites (N-methyl/N-ethyl adjacent to an activating group) is 1. The maximum atomic E-state index is 15.0. The highest BCUT2D eigenvalue weighted by molar-refractivity contribution is 7.14. The number of amides is 1. The molecule has 3 fully saturated rings. The molecular formula is C48H69N5O11S2. The molecule has 3 aromatic heterocycles. The van der Waals surface area contributed by atoms with Gasteiger partial charge in [0.15, 0.2) is 11.9 Å². The number of aliphatic hydroxyl groups excluding tert-OH is 1. The Morgan fingerprint density at radius 2 is 1.79 bits per heavy atom. The number of unbranched alkanes of at least 4 members (excludes halogenated alkanes) is 1. The zero-order chi connectivity index (χ0) is 48.1. The molecule has 6 heterocycles. The first-order chi connectivity index (χ1) is 31.3. The first kappa shape index (κ1) is 51.5. The second kappa shape index (κ2) is 22.0. The van der Waals surface area contributed by atoms with Crippen LogP contribution in [0.3, 0.4) is 0 Å². The van der Waals surface area contributed by atoms with Crippen molar-refractivity contribution in [1.82, 2.24) is 24.8 Å². The van der Waals surface area contributed by atoms with Gasteiger partial charge in [-0.25, -0.2) is 14.8 Å². The van der Waals surface area contributed by atoms with Crippen molar-refractivity contribution in [2.75, 3.05) is 27.7 Å².